The number of morpholine rings is 1. The lowest BCUT2D eigenvalue weighted by atomic mass is 10.3. The Morgan fingerprint density at radius 2 is 1.81 bits per heavy atom. The predicted molar refractivity (Wildman–Crippen MR) is 135 cm³/mol. The number of hydrogen-bond acceptors (Lipinski definition) is 5. The Kier molecular flexibility index (Phi) is 13.1. The Balaban J connectivity index is 0.00000341. The molecule has 0 amide bonds. The van der Waals surface area contributed by atoms with E-state index in [1.54, 1.807) is 6.26 Å². The third kappa shape index (κ3) is 10.9. The summed E-state index contributed by atoms with van der Waals surface area (Å²) in [6.45, 7) is 7.89. The minimum absolute atomic E-state index is 0. The van der Waals surface area contributed by atoms with Crippen LogP contribution in [-0.4, -0.2) is 69.9 Å². The van der Waals surface area contributed by atoms with E-state index < -0.39 is 0 Å². The van der Waals surface area contributed by atoms with Crippen molar-refractivity contribution in [2.75, 3.05) is 59.1 Å². The van der Waals surface area contributed by atoms with Gasteiger partial charge in [0, 0.05) is 45.6 Å². The smallest absolute Gasteiger partial charge is 0.191 e. The summed E-state index contributed by atoms with van der Waals surface area (Å²) in [5, 5.41) is 6.87. The molecule has 1 fully saturated rings. The van der Waals surface area contributed by atoms with Gasteiger partial charge >= 0.3 is 0 Å². The molecule has 3 rings (SSSR count). The predicted octanol–water partition coefficient (Wildman–Crippen LogP) is 3.17. The SMILES string of the molecule is I.c1ccc(OCCCN=C(NCCCN2CCOCC2)NCCc2ccco2)cc1. The largest absolute Gasteiger partial charge is 0.494 e. The number of rotatable bonds is 12. The van der Waals surface area contributed by atoms with Crippen LogP contribution < -0.4 is 15.4 Å². The second-order valence-electron chi connectivity index (χ2n) is 7.24. The van der Waals surface area contributed by atoms with Crippen LogP contribution in [0.2, 0.25) is 0 Å². The van der Waals surface area contributed by atoms with Gasteiger partial charge in [0.05, 0.1) is 26.1 Å². The van der Waals surface area contributed by atoms with Gasteiger partial charge in [0.25, 0.3) is 0 Å². The van der Waals surface area contributed by atoms with Crippen LogP contribution in [0.1, 0.15) is 18.6 Å². The highest BCUT2D eigenvalue weighted by molar-refractivity contribution is 14.0. The molecule has 2 N–H and O–H groups in total. The summed E-state index contributed by atoms with van der Waals surface area (Å²) < 4.78 is 16.6. The number of aliphatic imine (C=N–C) groups is 1. The molecule has 1 aliphatic rings. The Labute approximate surface area is 202 Å². The van der Waals surface area contributed by atoms with E-state index in [-0.39, 0.29) is 24.0 Å². The van der Waals surface area contributed by atoms with E-state index in [1.807, 2.05) is 42.5 Å². The molecule has 0 bridgehead atoms. The summed E-state index contributed by atoms with van der Waals surface area (Å²) in [6.07, 6.45) is 4.49. The number of para-hydroxylation sites is 1. The van der Waals surface area contributed by atoms with E-state index in [0.717, 1.165) is 82.7 Å². The number of ether oxygens (including phenoxy) is 2. The molecule has 2 aromatic rings. The summed E-state index contributed by atoms with van der Waals surface area (Å²) in [6, 6.07) is 13.8. The van der Waals surface area contributed by atoms with E-state index in [9.17, 15) is 0 Å². The number of guanidine groups is 1. The monoisotopic (exact) mass is 542 g/mol. The summed E-state index contributed by atoms with van der Waals surface area (Å²) in [7, 11) is 0. The molecule has 172 valence electrons. The lowest BCUT2D eigenvalue weighted by Gasteiger charge is -2.26. The highest BCUT2D eigenvalue weighted by Crippen LogP contribution is 2.08. The molecule has 0 spiro atoms. The van der Waals surface area contributed by atoms with Gasteiger partial charge in [0.15, 0.2) is 5.96 Å². The summed E-state index contributed by atoms with van der Waals surface area (Å²) in [4.78, 5) is 7.16. The average Bonchev–Trinajstić information content (AvgIpc) is 3.31. The van der Waals surface area contributed by atoms with Crippen LogP contribution in [0.25, 0.3) is 0 Å². The van der Waals surface area contributed by atoms with Crippen LogP contribution in [0.4, 0.5) is 0 Å². The van der Waals surface area contributed by atoms with Crippen molar-refractivity contribution in [2.45, 2.75) is 19.3 Å². The van der Waals surface area contributed by atoms with Gasteiger partial charge in [-0.05, 0) is 37.2 Å². The van der Waals surface area contributed by atoms with Gasteiger partial charge in [-0.25, -0.2) is 0 Å². The zero-order valence-electron chi connectivity index (χ0n) is 18.1. The molecule has 0 unspecified atom stereocenters. The second kappa shape index (κ2) is 15.9. The maximum absolute atomic E-state index is 5.75. The number of halogens is 1. The molecule has 1 aliphatic heterocycles. The molecule has 31 heavy (non-hydrogen) atoms. The van der Waals surface area contributed by atoms with Crippen molar-refractivity contribution in [3.8, 4) is 5.75 Å². The molecule has 1 saturated heterocycles. The van der Waals surface area contributed by atoms with Crippen LogP contribution in [0.3, 0.4) is 0 Å². The van der Waals surface area contributed by atoms with Crippen molar-refractivity contribution >= 4 is 29.9 Å². The molecular formula is C23H35IN4O3. The fourth-order valence-electron chi connectivity index (χ4n) is 3.23. The van der Waals surface area contributed by atoms with E-state index in [2.05, 4.69) is 15.5 Å². The van der Waals surface area contributed by atoms with Crippen LogP contribution >= 0.6 is 24.0 Å². The van der Waals surface area contributed by atoms with Gasteiger partial charge in [-0.2, -0.15) is 0 Å². The zero-order chi connectivity index (χ0) is 20.7. The topological polar surface area (TPSA) is 71.3 Å². The van der Waals surface area contributed by atoms with E-state index in [0.29, 0.717) is 13.2 Å². The molecule has 0 aliphatic carbocycles. The standard InChI is InChI=1S/C23H34N4O3.HI/c1-2-7-21(8-3-1)30-18-6-12-25-23(26-13-10-22-9-4-17-29-22)24-11-5-14-27-15-19-28-20-16-27;/h1-4,7-9,17H,5-6,10-16,18-20H2,(H2,24,25,26);1H. The third-order valence-corrected chi connectivity index (χ3v) is 4.88. The number of furan rings is 1. The highest BCUT2D eigenvalue weighted by Gasteiger charge is 2.09. The summed E-state index contributed by atoms with van der Waals surface area (Å²) in [5.41, 5.74) is 0. The molecular weight excluding hydrogens is 507 g/mol. The molecule has 1 aromatic carbocycles. The first-order valence-electron chi connectivity index (χ1n) is 10.9. The van der Waals surface area contributed by atoms with Crippen LogP contribution in [-0.2, 0) is 11.2 Å². The highest BCUT2D eigenvalue weighted by atomic mass is 127. The minimum atomic E-state index is 0. The average molecular weight is 542 g/mol. The van der Waals surface area contributed by atoms with Crippen LogP contribution in [0.15, 0.2) is 58.1 Å². The fraction of sp³-hybridized carbons (Fsp3) is 0.522. The number of nitrogens with one attached hydrogen (secondary N) is 2. The lowest BCUT2D eigenvalue weighted by molar-refractivity contribution is 0.0376. The van der Waals surface area contributed by atoms with Gasteiger partial charge in [0.1, 0.15) is 11.5 Å². The molecule has 0 radical (unpaired) electrons. The van der Waals surface area contributed by atoms with Crippen LogP contribution in [0.5, 0.6) is 5.75 Å². The molecule has 0 atom stereocenters. The van der Waals surface area contributed by atoms with Gasteiger partial charge in [-0.15, -0.1) is 24.0 Å². The van der Waals surface area contributed by atoms with Crippen molar-refractivity contribution in [3.63, 3.8) is 0 Å². The van der Waals surface area contributed by atoms with E-state index >= 15 is 0 Å². The Hall–Kier alpha value is -1.78. The lowest BCUT2D eigenvalue weighted by Crippen LogP contribution is -2.41. The third-order valence-electron chi connectivity index (χ3n) is 4.88. The second-order valence-corrected chi connectivity index (χ2v) is 7.24. The normalized spacial score (nSPS) is 14.6. The van der Waals surface area contributed by atoms with Gasteiger partial charge < -0.3 is 24.5 Å². The Morgan fingerprint density at radius 3 is 2.58 bits per heavy atom. The maximum atomic E-state index is 5.75. The molecule has 0 saturated carbocycles. The Morgan fingerprint density at radius 1 is 1.00 bits per heavy atom. The van der Waals surface area contributed by atoms with Crippen LogP contribution in [0, 0.1) is 0 Å². The summed E-state index contributed by atoms with van der Waals surface area (Å²) >= 11 is 0. The molecule has 2 heterocycles. The zero-order valence-corrected chi connectivity index (χ0v) is 20.5. The van der Waals surface area contributed by atoms with Crippen molar-refractivity contribution in [1.29, 1.82) is 0 Å². The molecule has 1 aromatic heterocycles. The van der Waals surface area contributed by atoms with Crippen molar-refractivity contribution in [1.82, 2.24) is 15.5 Å². The van der Waals surface area contributed by atoms with Crippen molar-refractivity contribution < 1.29 is 13.9 Å². The Bertz CT molecular complexity index is 707. The first-order chi connectivity index (χ1) is 14.9. The number of hydrogen-bond donors (Lipinski definition) is 2. The molecule has 8 heteroatoms. The molecule has 7 nitrogen and oxygen atoms in total. The van der Waals surface area contributed by atoms with Crippen molar-refractivity contribution in [3.05, 3.63) is 54.5 Å². The van der Waals surface area contributed by atoms with Crippen molar-refractivity contribution in [2.24, 2.45) is 4.99 Å². The first-order valence-corrected chi connectivity index (χ1v) is 10.9. The quantitative estimate of drug-likeness (QED) is 0.186. The van der Waals surface area contributed by atoms with E-state index in [1.165, 1.54) is 0 Å². The maximum Gasteiger partial charge on any atom is 0.191 e. The number of nitrogens with zero attached hydrogens (tertiary/aromatic N) is 2. The van der Waals surface area contributed by atoms with E-state index in [4.69, 9.17) is 18.9 Å². The minimum Gasteiger partial charge on any atom is -0.494 e. The van der Waals surface area contributed by atoms with Gasteiger partial charge in [0.2, 0.25) is 0 Å². The van der Waals surface area contributed by atoms with Gasteiger partial charge in [-0.3, -0.25) is 9.89 Å². The summed E-state index contributed by atoms with van der Waals surface area (Å²) in [5.74, 6) is 2.73. The van der Waals surface area contributed by atoms with Gasteiger partial charge in [-0.1, -0.05) is 18.2 Å². The first kappa shape index (κ1) is 25.5. The fourth-order valence-corrected chi connectivity index (χ4v) is 3.23. The number of benzene rings is 1.